The van der Waals surface area contributed by atoms with Gasteiger partial charge in [-0.15, -0.1) is 0 Å². The van der Waals surface area contributed by atoms with E-state index in [0.29, 0.717) is 12.6 Å². The predicted molar refractivity (Wildman–Crippen MR) is 66.0 cm³/mol. The van der Waals surface area contributed by atoms with Crippen LogP contribution in [-0.2, 0) is 0 Å². The highest BCUT2D eigenvalue weighted by Crippen LogP contribution is 2.18. The van der Waals surface area contributed by atoms with Crippen LogP contribution in [0.5, 0.6) is 6.01 Å². The van der Waals surface area contributed by atoms with Crippen molar-refractivity contribution in [3.8, 4) is 6.01 Å². The summed E-state index contributed by atoms with van der Waals surface area (Å²) in [7, 11) is 0. The molecular formula is C11H17N5O. The summed E-state index contributed by atoms with van der Waals surface area (Å²) in [5.74, 6) is 0.802. The first kappa shape index (κ1) is 11.6. The van der Waals surface area contributed by atoms with Crippen molar-refractivity contribution < 1.29 is 4.74 Å². The van der Waals surface area contributed by atoms with Crippen LogP contribution in [0.15, 0.2) is 12.7 Å². The second-order valence-electron chi connectivity index (χ2n) is 3.92. The number of nitrogens with two attached hydrogens (primary N) is 1. The van der Waals surface area contributed by atoms with Gasteiger partial charge in [-0.05, 0) is 19.3 Å². The summed E-state index contributed by atoms with van der Waals surface area (Å²) in [6, 6.07) is 0.262. The second kappa shape index (κ2) is 5.47. The van der Waals surface area contributed by atoms with Crippen LogP contribution >= 0.6 is 0 Å². The summed E-state index contributed by atoms with van der Waals surface area (Å²) in [5.41, 5.74) is 5.64. The lowest BCUT2D eigenvalue weighted by atomic mass is 10.1. The molecule has 0 aliphatic carbocycles. The summed E-state index contributed by atoms with van der Waals surface area (Å²) >= 11 is 0. The van der Waals surface area contributed by atoms with Crippen LogP contribution in [0.25, 0.3) is 0 Å². The fourth-order valence-electron chi connectivity index (χ4n) is 1.79. The van der Waals surface area contributed by atoms with E-state index in [2.05, 4.69) is 26.4 Å². The molecule has 2 rings (SSSR count). The third kappa shape index (κ3) is 3.05. The summed E-state index contributed by atoms with van der Waals surface area (Å²) in [4.78, 5) is 14.4. The smallest absolute Gasteiger partial charge is 0.323 e. The van der Waals surface area contributed by atoms with Crippen molar-refractivity contribution in [3.05, 3.63) is 12.7 Å². The van der Waals surface area contributed by atoms with Crippen LogP contribution in [0, 0.1) is 0 Å². The van der Waals surface area contributed by atoms with E-state index >= 15 is 0 Å². The van der Waals surface area contributed by atoms with Crippen molar-refractivity contribution >= 4 is 11.9 Å². The van der Waals surface area contributed by atoms with Gasteiger partial charge in [0.2, 0.25) is 11.9 Å². The first-order valence-electron chi connectivity index (χ1n) is 5.80. The van der Waals surface area contributed by atoms with Crippen molar-refractivity contribution in [2.24, 2.45) is 0 Å². The third-order valence-electron chi connectivity index (χ3n) is 2.59. The van der Waals surface area contributed by atoms with Gasteiger partial charge in [0, 0.05) is 13.1 Å². The van der Waals surface area contributed by atoms with Crippen molar-refractivity contribution in [1.29, 1.82) is 0 Å². The number of nitrogen functional groups attached to an aromatic ring is 1. The molecule has 1 aromatic heterocycles. The van der Waals surface area contributed by atoms with Gasteiger partial charge in [0.1, 0.15) is 6.61 Å². The molecule has 0 amide bonds. The second-order valence-corrected chi connectivity index (χ2v) is 3.92. The van der Waals surface area contributed by atoms with Crippen molar-refractivity contribution in [3.63, 3.8) is 0 Å². The zero-order valence-electron chi connectivity index (χ0n) is 9.80. The molecule has 0 unspecified atom stereocenters. The monoisotopic (exact) mass is 235 g/mol. The summed E-state index contributed by atoms with van der Waals surface area (Å²) in [6.45, 7) is 5.86. The minimum Gasteiger partial charge on any atom is -0.459 e. The van der Waals surface area contributed by atoms with Crippen LogP contribution in [0.2, 0.25) is 0 Å². The van der Waals surface area contributed by atoms with Gasteiger partial charge in [0.05, 0.1) is 0 Å². The Morgan fingerprint density at radius 1 is 1.24 bits per heavy atom. The van der Waals surface area contributed by atoms with Crippen molar-refractivity contribution in [1.82, 2.24) is 15.0 Å². The number of rotatable bonds is 4. The number of piperidine rings is 1. The topological polar surface area (TPSA) is 77.2 Å². The van der Waals surface area contributed by atoms with Gasteiger partial charge < -0.3 is 15.4 Å². The van der Waals surface area contributed by atoms with Crippen LogP contribution in [0.1, 0.15) is 19.3 Å². The van der Waals surface area contributed by atoms with E-state index in [1.54, 1.807) is 6.08 Å². The number of aromatic nitrogens is 3. The Bertz CT molecular complexity index is 389. The summed E-state index contributed by atoms with van der Waals surface area (Å²) < 4.78 is 5.28. The maximum Gasteiger partial charge on any atom is 0.323 e. The fraction of sp³-hybridized carbons (Fsp3) is 0.545. The van der Waals surface area contributed by atoms with Gasteiger partial charge in [-0.2, -0.15) is 15.0 Å². The maximum atomic E-state index is 5.64. The zero-order valence-corrected chi connectivity index (χ0v) is 9.80. The van der Waals surface area contributed by atoms with Gasteiger partial charge in [-0.25, -0.2) is 0 Å². The Balaban J connectivity index is 2.14. The molecule has 0 saturated carbocycles. The minimum atomic E-state index is 0.194. The van der Waals surface area contributed by atoms with E-state index in [1.807, 2.05) is 0 Å². The van der Waals surface area contributed by atoms with Gasteiger partial charge in [0.25, 0.3) is 0 Å². The highest BCUT2D eigenvalue weighted by molar-refractivity contribution is 5.36. The first-order valence-corrected chi connectivity index (χ1v) is 5.80. The quantitative estimate of drug-likeness (QED) is 0.785. The van der Waals surface area contributed by atoms with Gasteiger partial charge in [-0.3, -0.25) is 0 Å². The predicted octanol–water partition coefficient (Wildman–Crippen LogP) is 1.01. The number of hydrogen-bond donors (Lipinski definition) is 1. The number of anilines is 2. The van der Waals surface area contributed by atoms with Crippen molar-refractivity contribution in [2.75, 3.05) is 30.3 Å². The van der Waals surface area contributed by atoms with Crippen molar-refractivity contribution in [2.45, 2.75) is 19.3 Å². The first-order chi connectivity index (χ1) is 8.29. The van der Waals surface area contributed by atoms with Crippen LogP contribution in [-0.4, -0.2) is 34.6 Å². The molecular weight excluding hydrogens is 218 g/mol. The van der Waals surface area contributed by atoms with E-state index in [0.717, 1.165) is 25.9 Å². The van der Waals surface area contributed by atoms with Crippen LogP contribution in [0.4, 0.5) is 11.9 Å². The molecule has 92 valence electrons. The molecule has 0 radical (unpaired) electrons. The lowest BCUT2D eigenvalue weighted by Crippen LogP contribution is -2.31. The molecule has 1 aromatic rings. The Morgan fingerprint density at radius 3 is 2.71 bits per heavy atom. The normalized spacial score (nSPS) is 15.6. The van der Waals surface area contributed by atoms with Gasteiger partial charge >= 0.3 is 6.01 Å². The molecule has 1 saturated heterocycles. The number of hydrogen-bond acceptors (Lipinski definition) is 6. The highest BCUT2D eigenvalue weighted by atomic mass is 16.5. The maximum absolute atomic E-state index is 5.64. The number of ether oxygens (including phenoxy) is 1. The molecule has 2 N–H and O–H groups in total. The van der Waals surface area contributed by atoms with E-state index in [-0.39, 0.29) is 12.0 Å². The average molecular weight is 235 g/mol. The highest BCUT2D eigenvalue weighted by Gasteiger charge is 2.15. The van der Waals surface area contributed by atoms with E-state index in [9.17, 15) is 0 Å². The van der Waals surface area contributed by atoms with Crippen LogP contribution in [0.3, 0.4) is 0 Å². The lowest BCUT2D eigenvalue weighted by molar-refractivity contribution is 0.332. The lowest BCUT2D eigenvalue weighted by Gasteiger charge is -2.26. The van der Waals surface area contributed by atoms with E-state index in [1.165, 1.54) is 6.42 Å². The Labute approximate surface area is 101 Å². The Morgan fingerprint density at radius 2 is 2.00 bits per heavy atom. The molecule has 0 aromatic carbocycles. The Kier molecular flexibility index (Phi) is 3.74. The molecule has 6 heteroatoms. The molecule has 1 aliphatic rings. The Hall–Kier alpha value is -1.85. The van der Waals surface area contributed by atoms with E-state index < -0.39 is 0 Å². The molecule has 1 aliphatic heterocycles. The molecule has 2 heterocycles. The zero-order chi connectivity index (χ0) is 12.1. The third-order valence-corrected chi connectivity index (χ3v) is 2.59. The average Bonchev–Trinajstić information content (AvgIpc) is 2.37. The molecule has 6 nitrogen and oxygen atoms in total. The summed E-state index contributed by atoms with van der Waals surface area (Å²) in [5, 5.41) is 0. The van der Waals surface area contributed by atoms with Crippen LogP contribution < -0.4 is 15.4 Å². The van der Waals surface area contributed by atoms with Gasteiger partial charge in [-0.1, -0.05) is 12.7 Å². The standard InChI is InChI=1S/C11H17N5O/c1-2-8-17-11-14-9(12)13-10(15-11)16-6-4-3-5-7-16/h2H,1,3-8H2,(H2,12,13,14,15). The molecule has 0 bridgehead atoms. The fourth-order valence-corrected chi connectivity index (χ4v) is 1.79. The van der Waals surface area contributed by atoms with E-state index in [4.69, 9.17) is 10.5 Å². The molecule has 17 heavy (non-hydrogen) atoms. The SMILES string of the molecule is C=CCOc1nc(N)nc(N2CCCCC2)n1. The molecule has 1 fully saturated rings. The number of nitrogens with zero attached hydrogens (tertiary/aromatic N) is 4. The van der Waals surface area contributed by atoms with Gasteiger partial charge in [0.15, 0.2) is 0 Å². The largest absolute Gasteiger partial charge is 0.459 e. The molecule has 0 spiro atoms. The minimum absolute atomic E-state index is 0.194. The molecule has 0 atom stereocenters. The summed E-state index contributed by atoms with van der Waals surface area (Å²) in [6.07, 6.45) is 5.22.